The van der Waals surface area contributed by atoms with Gasteiger partial charge in [-0.25, -0.2) is 0 Å². The van der Waals surface area contributed by atoms with Crippen LogP contribution in [0.5, 0.6) is 23.0 Å². The fraction of sp³-hybridized carbons (Fsp3) is 0.316. The number of benzene rings is 2. The largest absolute Gasteiger partial charge is 0.496 e. The Morgan fingerprint density at radius 1 is 0.880 bits per heavy atom. The lowest BCUT2D eigenvalue weighted by Gasteiger charge is -2.15. The van der Waals surface area contributed by atoms with Crippen LogP contribution in [0, 0.1) is 0 Å². The first kappa shape index (κ1) is 18.4. The Kier molecular flexibility index (Phi) is 6.11. The summed E-state index contributed by atoms with van der Waals surface area (Å²) in [5, 5.41) is 2.85. The zero-order valence-corrected chi connectivity index (χ0v) is 15.1. The Morgan fingerprint density at radius 2 is 1.48 bits per heavy atom. The second-order valence-electron chi connectivity index (χ2n) is 5.25. The highest BCUT2D eigenvalue weighted by Gasteiger charge is 2.15. The predicted molar refractivity (Wildman–Crippen MR) is 96.4 cm³/mol. The van der Waals surface area contributed by atoms with Gasteiger partial charge in [-0.2, -0.15) is 0 Å². The molecule has 6 heteroatoms. The van der Waals surface area contributed by atoms with Crippen LogP contribution in [-0.2, 0) is 6.42 Å². The molecule has 0 saturated carbocycles. The third-order valence-corrected chi connectivity index (χ3v) is 3.85. The molecule has 0 fully saturated rings. The van der Waals surface area contributed by atoms with Crippen molar-refractivity contribution in [3.05, 3.63) is 41.5 Å². The summed E-state index contributed by atoms with van der Waals surface area (Å²) in [5.41, 5.74) is 2.07. The van der Waals surface area contributed by atoms with Crippen LogP contribution in [-0.4, -0.2) is 34.3 Å². The highest BCUT2D eigenvalue weighted by atomic mass is 16.5. The number of carbonyl (C=O) groups excluding carboxylic acids is 1. The smallest absolute Gasteiger partial charge is 0.255 e. The Morgan fingerprint density at radius 3 is 1.96 bits per heavy atom. The minimum Gasteiger partial charge on any atom is -0.496 e. The molecule has 2 rings (SSSR count). The summed E-state index contributed by atoms with van der Waals surface area (Å²) < 4.78 is 21.2. The topological polar surface area (TPSA) is 66.0 Å². The standard InChI is InChI=1S/C19H23NO5/c1-6-12-9-13(7-8-15(12)22-2)19(21)20-14-10-16(23-3)18(25-5)17(11-14)24-4/h7-11H,6H2,1-5H3,(H,20,21). The van der Waals surface area contributed by atoms with Gasteiger partial charge in [-0.15, -0.1) is 0 Å². The summed E-state index contributed by atoms with van der Waals surface area (Å²) in [5.74, 6) is 1.96. The molecule has 0 aliphatic heterocycles. The molecule has 134 valence electrons. The van der Waals surface area contributed by atoms with Gasteiger partial charge in [-0.3, -0.25) is 4.79 Å². The molecule has 0 aliphatic carbocycles. The van der Waals surface area contributed by atoms with E-state index in [9.17, 15) is 4.79 Å². The molecular weight excluding hydrogens is 322 g/mol. The molecular formula is C19H23NO5. The molecule has 0 spiro atoms. The summed E-state index contributed by atoms with van der Waals surface area (Å²) in [4.78, 5) is 12.6. The number of ether oxygens (including phenoxy) is 4. The molecule has 0 bridgehead atoms. The van der Waals surface area contributed by atoms with Crippen molar-refractivity contribution in [3.63, 3.8) is 0 Å². The fourth-order valence-corrected chi connectivity index (χ4v) is 2.55. The van der Waals surface area contributed by atoms with E-state index in [2.05, 4.69) is 5.32 Å². The van der Waals surface area contributed by atoms with Crippen molar-refractivity contribution in [2.75, 3.05) is 33.8 Å². The first-order valence-corrected chi connectivity index (χ1v) is 7.86. The number of carbonyl (C=O) groups is 1. The average Bonchev–Trinajstić information content (AvgIpc) is 2.66. The van der Waals surface area contributed by atoms with E-state index in [0.29, 0.717) is 28.5 Å². The fourth-order valence-electron chi connectivity index (χ4n) is 2.55. The summed E-state index contributed by atoms with van der Waals surface area (Å²) in [6.07, 6.45) is 0.772. The Bertz CT molecular complexity index is 732. The number of hydrogen-bond donors (Lipinski definition) is 1. The quantitative estimate of drug-likeness (QED) is 0.831. The average molecular weight is 345 g/mol. The van der Waals surface area contributed by atoms with Gasteiger partial charge < -0.3 is 24.3 Å². The van der Waals surface area contributed by atoms with Crippen LogP contribution in [0.1, 0.15) is 22.8 Å². The summed E-state index contributed by atoms with van der Waals surface area (Å²) in [7, 11) is 6.20. The molecule has 0 atom stereocenters. The molecule has 0 heterocycles. The SMILES string of the molecule is CCc1cc(C(=O)Nc2cc(OC)c(OC)c(OC)c2)ccc1OC. The Hall–Kier alpha value is -2.89. The van der Waals surface area contributed by atoms with E-state index in [4.69, 9.17) is 18.9 Å². The highest BCUT2D eigenvalue weighted by molar-refractivity contribution is 6.04. The monoisotopic (exact) mass is 345 g/mol. The zero-order chi connectivity index (χ0) is 18.4. The van der Waals surface area contributed by atoms with Crippen molar-refractivity contribution < 1.29 is 23.7 Å². The molecule has 1 amide bonds. The van der Waals surface area contributed by atoms with Gasteiger partial charge >= 0.3 is 0 Å². The molecule has 2 aromatic carbocycles. The lowest BCUT2D eigenvalue weighted by molar-refractivity contribution is 0.102. The third kappa shape index (κ3) is 3.96. The minimum absolute atomic E-state index is 0.230. The first-order valence-electron chi connectivity index (χ1n) is 7.86. The van der Waals surface area contributed by atoms with Gasteiger partial charge in [0.1, 0.15) is 5.75 Å². The lowest BCUT2D eigenvalue weighted by Crippen LogP contribution is -2.13. The Balaban J connectivity index is 2.31. The van der Waals surface area contributed by atoms with Crippen LogP contribution in [0.15, 0.2) is 30.3 Å². The lowest BCUT2D eigenvalue weighted by atomic mass is 10.1. The van der Waals surface area contributed by atoms with Gasteiger partial charge in [-0.05, 0) is 30.2 Å². The molecule has 25 heavy (non-hydrogen) atoms. The summed E-state index contributed by atoms with van der Waals surface area (Å²) >= 11 is 0. The van der Waals surface area contributed by atoms with Crippen LogP contribution in [0.3, 0.4) is 0 Å². The van der Waals surface area contributed by atoms with Gasteiger partial charge in [0.2, 0.25) is 5.75 Å². The second-order valence-corrected chi connectivity index (χ2v) is 5.25. The van der Waals surface area contributed by atoms with Crippen molar-refractivity contribution in [2.24, 2.45) is 0 Å². The van der Waals surface area contributed by atoms with E-state index in [1.54, 1.807) is 31.4 Å². The van der Waals surface area contributed by atoms with Crippen LogP contribution in [0.2, 0.25) is 0 Å². The Labute approximate surface area is 147 Å². The maximum Gasteiger partial charge on any atom is 0.255 e. The number of rotatable bonds is 7. The molecule has 0 saturated heterocycles. The van der Waals surface area contributed by atoms with E-state index in [1.807, 2.05) is 13.0 Å². The number of methoxy groups -OCH3 is 4. The van der Waals surface area contributed by atoms with Crippen molar-refractivity contribution in [3.8, 4) is 23.0 Å². The predicted octanol–water partition coefficient (Wildman–Crippen LogP) is 3.54. The molecule has 0 radical (unpaired) electrons. The number of nitrogens with one attached hydrogen (secondary N) is 1. The molecule has 0 aliphatic rings. The van der Waals surface area contributed by atoms with E-state index < -0.39 is 0 Å². The number of aryl methyl sites for hydroxylation is 1. The molecule has 0 unspecified atom stereocenters. The number of amides is 1. The van der Waals surface area contributed by atoms with Gasteiger partial charge in [0, 0.05) is 23.4 Å². The van der Waals surface area contributed by atoms with E-state index in [-0.39, 0.29) is 5.91 Å². The van der Waals surface area contributed by atoms with Crippen molar-refractivity contribution in [2.45, 2.75) is 13.3 Å². The van der Waals surface area contributed by atoms with Crippen molar-refractivity contribution >= 4 is 11.6 Å². The number of anilines is 1. The number of hydrogen-bond acceptors (Lipinski definition) is 5. The van der Waals surface area contributed by atoms with Crippen LogP contribution in [0.4, 0.5) is 5.69 Å². The van der Waals surface area contributed by atoms with E-state index in [1.165, 1.54) is 21.3 Å². The third-order valence-electron chi connectivity index (χ3n) is 3.85. The van der Waals surface area contributed by atoms with Gasteiger partial charge in [0.25, 0.3) is 5.91 Å². The van der Waals surface area contributed by atoms with Crippen LogP contribution in [0.25, 0.3) is 0 Å². The molecule has 1 N–H and O–H groups in total. The minimum atomic E-state index is -0.230. The summed E-state index contributed by atoms with van der Waals surface area (Å²) in [6.45, 7) is 2.01. The van der Waals surface area contributed by atoms with Crippen LogP contribution >= 0.6 is 0 Å². The van der Waals surface area contributed by atoms with Crippen LogP contribution < -0.4 is 24.3 Å². The van der Waals surface area contributed by atoms with Gasteiger partial charge in [0.15, 0.2) is 11.5 Å². The first-order chi connectivity index (χ1) is 12.1. The molecule has 2 aromatic rings. The van der Waals surface area contributed by atoms with Crippen molar-refractivity contribution in [1.82, 2.24) is 0 Å². The normalized spacial score (nSPS) is 10.1. The van der Waals surface area contributed by atoms with E-state index >= 15 is 0 Å². The van der Waals surface area contributed by atoms with Crippen molar-refractivity contribution in [1.29, 1.82) is 0 Å². The second kappa shape index (κ2) is 8.28. The molecule has 6 nitrogen and oxygen atoms in total. The van der Waals surface area contributed by atoms with Gasteiger partial charge in [0.05, 0.1) is 28.4 Å². The van der Waals surface area contributed by atoms with Gasteiger partial charge in [-0.1, -0.05) is 6.92 Å². The maximum atomic E-state index is 12.6. The maximum absolute atomic E-state index is 12.6. The summed E-state index contributed by atoms with van der Waals surface area (Å²) in [6, 6.07) is 8.72. The highest BCUT2D eigenvalue weighted by Crippen LogP contribution is 2.40. The van der Waals surface area contributed by atoms with E-state index in [0.717, 1.165) is 17.7 Å². The molecule has 0 aromatic heterocycles. The zero-order valence-electron chi connectivity index (χ0n) is 15.1.